The number of benzene rings is 2. The van der Waals surface area contributed by atoms with Crippen molar-refractivity contribution in [3.8, 4) is 0 Å². The van der Waals surface area contributed by atoms with Gasteiger partial charge >= 0.3 is 0 Å². The molecule has 1 heterocycles. The molecular weight excluding hydrogens is 319 g/mol. The molecule has 0 atom stereocenters. The number of hydrogen-bond acceptors (Lipinski definition) is 1. The summed E-state index contributed by atoms with van der Waals surface area (Å²) in [6.07, 6.45) is 2.11. The predicted molar refractivity (Wildman–Crippen MR) is 91.8 cm³/mol. The Hall–Kier alpha value is -1.97. The minimum Gasteiger partial charge on any atom is -0.361 e. The molecule has 0 unspecified atom stereocenters. The molecule has 0 spiro atoms. The van der Waals surface area contributed by atoms with Crippen molar-refractivity contribution in [3.63, 3.8) is 0 Å². The molecule has 0 aliphatic carbocycles. The number of aromatic amines is 1. The summed E-state index contributed by atoms with van der Waals surface area (Å²) in [5.74, 6) is -0.0914. The van der Waals surface area contributed by atoms with Crippen LogP contribution >= 0.6 is 23.2 Å². The van der Waals surface area contributed by atoms with E-state index in [0.717, 1.165) is 27.7 Å². The van der Waals surface area contributed by atoms with E-state index >= 15 is 0 Å². The molecule has 22 heavy (non-hydrogen) atoms. The first kappa shape index (κ1) is 14.9. The number of fused-ring (bicyclic) bond motifs is 1. The maximum atomic E-state index is 12.3. The molecule has 0 saturated heterocycles. The third-order valence-corrected chi connectivity index (χ3v) is 4.27. The Morgan fingerprint density at radius 1 is 1.23 bits per heavy atom. The molecule has 2 aromatic carbocycles. The van der Waals surface area contributed by atoms with Crippen LogP contribution in [0.25, 0.3) is 10.9 Å². The lowest BCUT2D eigenvalue weighted by Gasteiger charge is -2.09. The number of anilines is 1. The van der Waals surface area contributed by atoms with Crippen LogP contribution in [-0.4, -0.2) is 10.9 Å². The van der Waals surface area contributed by atoms with Gasteiger partial charge in [0.25, 0.3) is 0 Å². The summed E-state index contributed by atoms with van der Waals surface area (Å²) in [6, 6.07) is 11.0. The highest BCUT2D eigenvalue weighted by molar-refractivity contribution is 6.32. The summed E-state index contributed by atoms with van der Waals surface area (Å²) < 4.78 is 0. The topological polar surface area (TPSA) is 44.9 Å². The van der Waals surface area contributed by atoms with Crippen LogP contribution in [0, 0.1) is 6.92 Å². The number of carbonyl (C=O) groups excluding carboxylic acids is 1. The van der Waals surface area contributed by atoms with Gasteiger partial charge in [0, 0.05) is 32.8 Å². The first-order valence-electron chi connectivity index (χ1n) is 6.85. The van der Waals surface area contributed by atoms with E-state index in [2.05, 4.69) is 10.3 Å². The van der Waals surface area contributed by atoms with Gasteiger partial charge in [-0.1, -0.05) is 29.3 Å². The summed E-state index contributed by atoms with van der Waals surface area (Å²) in [7, 11) is 0. The van der Waals surface area contributed by atoms with Gasteiger partial charge in [-0.05, 0) is 48.4 Å². The Morgan fingerprint density at radius 2 is 2.05 bits per heavy atom. The van der Waals surface area contributed by atoms with E-state index in [9.17, 15) is 4.79 Å². The zero-order valence-electron chi connectivity index (χ0n) is 11.9. The van der Waals surface area contributed by atoms with Gasteiger partial charge in [0.2, 0.25) is 5.91 Å². The fourth-order valence-corrected chi connectivity index (χ4v) is 2.75. The molecule has 2 N–H and O–H groups in total. The monoisotopic (exact) mass is 332 g/mol. The van der Waals surface area contributed by atoms with Crippen molar-refractivity contribution in [3.05, 3.63) is 63.8 Å². The average molecular weight is 333 g/mol. The normalized spacial score (nSPS) is 10.9. The van der Waals surface area contributed by atoms with E-state index in [1.807, 2.05) is 43.5 Å². The second kappa shape index (κ2) is 6.03. The van der Waals surface area contributed by atoms with E-state index in [4.69, 9.17) is 23.2 Å². The molecule has 3 aromatic rings. The first-order chi connectivity index (χ1) is 10.5. The van der Waals surface area contributed by atoms with Crippen molar-refractivity contribution in [1.29, 1.82) is 0 Å². The minimum absolute atomic E-state index is 0.0914. The molecule has 0 saturated carbocycles. The molecule has 3 nitrogen and oxygen atoms in total. The third-order valence-electron chi connectivity index (χ3n) is 3.62. The zero-order chi connectivity index (χ0) is 15.7. The number of hydrogen-bond donors (Lipinski definition) is 2. The van der Waals surface area contributed by atoms with Gasteiger partial charge in [0.05, 0.1) is 6.42 Å². The van der Waals surface area contributed by atoms with Crippen LogP contribution in [-0.2, 0) is 11.2 Å². The summed E-state index contributed by atoms with van der Waals surface area (Å²) in [4.78, 5) is 15.4. The molecule has 5 heteroatoms. The third kappa shape index (κ3) is 2.96. The van der Waals surface area contributed by atoms with E-state index in [0.29, 0.717) is 10.0 Å². The first-order valence-corrected chi connectivity index (χ1v) is 7.60. The van der Waals surface area contributed by atoms with Gasteiger partial charge in [-0.3, -0.25) is 4.79 Å². The van der Waals surface area contributed by atoms with Crippen LogP contribution in [0.1, 0.15) is 11.1 Å². The van der Waals surface area contributed by atoms with Crippen LogP contribution in [0.3, 0.4) is 0 Å². The lowest BCUT2D eigenvalue weighted by Crippen LogP contribution is -2.15. The average Bonchev–Trinajstić information content (AvgIpc) is 2.86. The van der Waals surface area contributed by atoms with E-state index in [-0.39, 0.29) is 12.3 Å². The van der Waals surface area contributed by atoms with Gasteiger partial charge in [0.15, 0.2) is 0 Å². The van der Waals surface area contributed by atoms with Crippen molar-refractivity contribution in [2.45, 2.75) is 13.3 Å². The maximum Gasteiger partial charge on any atom is 0.228 e. The Kier molecular flexibility index (Phi) is 4.10. The van der Waals surface area contributed by atoms with Crippen molar-refractivity contribution in [2.75, 3.05) is 5.32 Å². The molecule has 112 valence electrons. The summed E-state index contributed by atoms with van der Waals surface area (Å²) in [5, 5.41) is 5.15. The largest absolute Gasteiger partial charge is 0.361 e. The second-order valence-electron chi connectivity index (χ2n) is 5.14. The molecule has 0 bridgehead atoms. The highest BCUT2D eigenvalue weighted by Gasteiger charge is 2.11. The maximum absolute atomic E-state index is 12.3. The predicted octanol–water partition coefficient (Wildman–Crippen LogP) is 4.96. The SMILES string of the molecule is Cc1c(Cl)cccc1NC(=O)Cc1c[nH]c2ccc(Cl)cc12. The molecular formula is C17H14Cl2N2O. The van der Waals surface area contributed by atoms with E-state index < -0.39 is 0 Å². The van der Waals surface area contributed by atoms with Crippen LogP contribution in [0.15, 0.2) is 42.6 Å². The van der Waals surface area contributed by atoms with Crippen molar-refractivity contribution in [2.24, 2.45) is 0 Å². The number of halogens is 2. The fraction of sp³-hybridized carbons (Fsp3) is 0.118. The number of rotatable bonds is 3. The highest BCUT2D eigenvalue weighted by atomic mass is 35.5. The van der Waals surface area contributed by atoms with Crippen LogP contribution in [0.2, 0.25) is 10.0 Å². The van der Waals surface area contributed by atoms with Gasteiger partial charge in [-0.25, -0.2) is 0 Å². The standard InChI is InChI=1S/C17H14Cl2N2O/c1-10-14(19)3-2-4-15(10)21-17(22)7-11-9-20-16-6-5-12(18)8-13(11)16/h2-6,8-9,20H,7H2,1H3,(H,21,22). The van der Waals surface area contributed by atoms with Gasteiger partial charge < -0.3 is 10.3 Å². The lowest BCUT2D eigenvalue weighted by molar-refractivity contribution is -0.115. The molecule has 1 aromatic heterocycles. The van der Waals surface area contributed by atoms with E-state index in [1.165, 1.54) is 0 Å². The quantitative estimate of drug-likeness (QED) is 0.699. The molecule has 3 rings (SSSR count). The molecule has 1 amide bonds. The summed E-state index contributed by atoms with van der Waals surface area (Å²) >= 11 is 12.1. The lowest BCUT2D eigenvalue weighted by atomic mass is 10.1. The van der Waals surface area contributed by atoms with Crippen molar-refractivity contribution >= 4 is 45.7 Å². The Labute approximate surface area is 138 Å². The minimum atomic E-state index is -0.0914. The number of amides is 1. The Bertz CT molecular complexity index is 855. The molecule has 0 aliphatic heterocycles. The molecule has 0 fully saturated rings. The fourth-order valence-electron chi connectivity index (χ4n) is 2.41. The van der Waals surface area contributed by atoms with Crippen LogP contribution in [0.4, 0.5) is 5.69 Å². The van der Waals surface area contributed by atoms with Crippen LogP contribution < -0.4 is 5.32 Å². The molecule has 0 aliphatic rings. The Balaban J connectivity index is 1.81. The van der Waals surface area contributed by atoms with Crippen molar-refractivity contribution in [1.82, 2.24) is 4.98 Å². The summed E-state index contributed by atoms with van der Waals surface area (Å²) in [5.41, 5.74) is 3.47. The van der Waals surface area contributed by atoms with Gasteiger partial charge in [-0.2, -0.15) is 0 Å². The second-order valence-corrected chi connectivity index (χ2v) is 5.98. The van der Waals surface area contributed by atoms with Gasteiger partial charge in [-0.15, -0.1) is 0 Å². The highest BCUT2D eigenvalue weighted by Crippen LogP contribution is 2.25. The van der Waals surface area contributed by atoms with Crippen LogP contribution in [0.5, 0.6) is 0 Å². The zero-order valence-corrected chi connectivity index (χ0v) is 13.4. The Morgan fingerprint density at radius 3 is 2.86 bits per heavy atom. The van der Waals surface area contributed by atoms with Gasteiger partial charge in [0.1, 0.15) is 0 Å². The van der Waals surface area contributed by atoms with E-state index in [1.54, 1.807) is 6.07 Å². The number of carbonyl (C=O) groups is 1. The van der Waals surface area contributed by atoms with Crippen molar-refractivity contribution < 1.29 is 4.79 Å². The number of aromatic nitrogens is 1. The smallest absolute Gasteiger partial charge is 0.228 e. The molecule has 0 radical (unpaired) electrons. The number of H-pyrrole nitrogens is 1. The summed E-state index contributed by atoms with van der Waals surface area (Å²) in [6.45, 7) is 1.88. The number of nitrogens with one attached hydrogen (secondary N) is 2.